The molecular weight excluding hydrogens is 363 g/mol. The number of rotatable bonds is 4. The summed E-state index contributed by atoms with van der Waals surface area (Å²) >= 11 is 0. The third-order valence-corrected chi connectivity index (χ3v) is 5.53. The van der Waals surface area contributed by atoms with Gasteiger partial charge in [-0.05, 0) is 42.3 Å². The van der Waals surface area contributed by atoms with Crippen molar-refractivity contribution >= 4 is 5.91 Å². The van der Waals surface area contributed by atoms with Gasteiger partial charge in [-0.25, -0.2) is 4.39 Å². The molecule has 0 spiro atoms. The Balaban J connectivity index is 1.52. The molecule has 4 heteroatoms. The van der Waals surface area contributed by atoms with E-state index < -0.39 is 0 Å². The van der Waals surface area contributed by atoms with Crippen LogP contribution >= 0.6 is 0 Å². The Morgan fingerprint density at radius 2 is 1.48 bits per heavy atom. The van der Waals surface area contributed by atoms with Crippen LogP contribution in [0.4, 0.5) is 4.39 Å². The van der Waals surface area contributed by atoms with Gasteiger partial charge >= 0.3 is 0 Å². The van der Waals surface area contributed by atoms with E-state index in [4.69, 9.17) is 0 Å². The molecule has 0 aliphatic carbocycles. The number of nitrogens with zero attached hydrogens (tertiary/aromatic N) is 2. The zero-order chi connectivity index (χ0) is 20.2. The average Bonchev–Trinajstić information content (AvgIpc) is 2.76. The molecule has 1 amide bonds. The van der Waals surface area contributed by atoms with E-state index in [1.807, 2.05) is 66.4 Å². The first-order valence-corrected chi connectivity index (χ1v) is 10.0. The largest absolute Gasteiger partial charge is 0.336 e. The Morgan fingerprint density at radius 1 is 0.828 bits per heavy atom. The molecule has 148 valence electrons. The number of aryl methyl sites for hydroxylation is 1. The third-order valence-electron chi connectivity index (χ3n) is 5.53. The molecule has 1 fully saturated rings. The molecule has 0 bridgehead atoms. The molecule has 1 aliphatic rings. The Labute approximate surface area is 171 Å². The van der Waals surface area contributed by atoms with E-state index in [1.165, 1.54) is 17.7 Å². The molecule has 3 nitrogen and oxygen atoms in total. The molecule has 1 heterocycles. The molecule has 0 radical (unpaired) electrons. The van der Waals surface area contributed by atoms with Gasteiger partial charge in [-0.3, -0.25) is 9.69 Å². The Kier molecular flexibility index (Phi) is 5.72. The minimum absolute atomic E-state index is 0.0491. The van der Waals surface area contributed by atoms with Crippen LogP contribution in [0, 0.1) is 12.7 Å². The van der Waals surface area contributed by atoms with Gasteiger partial charge in [0.05, 0.1) is 6.04 Å². The molecule has 1 saturated heterocycles. The quantitative estimate of drug-likeness (QED) is 0.648. The highest BCUT2D eigenvalue weighted by Gasteiger charge is 2.28. The lowest BCUT2D eigenvalue weighted by molar-refractivity contribution is 0.0597. The summed E-state index contributed by atoms with van der Waals surface area (Å²) in [5.74, 6) is -0.138. The Bertz CT molecular complexity index is 964. The van der Waals surface area contributed by atoms with Crippen LogP contribution in [0.1, 0.15) is 33.1 Å². The molecule has 0 N–H and O–H groups in total. The lowest BCUT2D eigenvalue weighted by Gasteiger charge is -2.39. The van der Waals surface area contributed by atoms with Gasteiger partial charge in [0.15, 0.2) is 0 Å². The number of halogens is 1. The third kappa shape index (κ3) is 4.38. The van der Waals surface area contributed by atoms with Gasteiger partial charge in [0.2, 0.25) is 0 Å². The number of benzene rings is 3. The summed E-state index contributed by atoms with van der Waals surface area (Å²) in [6, 6.07) is 24.8. The van der Waals surface area contributed by atoms with Crippen LogP contribution in [0.25, 0.3) is 0 Å². The van der Waals surface area contributed by atoms with Crippen LogP contribution in [0.2, 0.25) is 0 Å². The van der Waals surface area contributed by atoms with Crippen LogP contribution in [0.5, 0.6) is 0 Å². The maximum Gasteiger partial charge on any atom is 0.253 e. The highest BCUT2D eigenvalue weighted by atomic mass is 19.1. The summed E-state index contributed by atoms with van der Waals surface area (Å²) in [7, 11) is 0. The van der Waals surface area contributed by atoms with Gasteiger partial charge < -0.3 is 4.90 Å². The highest BCUT2D eigenvalue weighted by Crippen LogP contribution is 2.30. The van der Waals surface area contributed by atoms with E-state index in [9.17, 15) is 9.18 Å². The van der Waals surface area contributed by atoms with Crippen LogP contribution < -0.4 is 0 Å². The zero-order valence-electron chi connectivity index (χ0n) is 16.6. The molecular formula is C25H25FN2O. The summed E-state index contributed by atoms with van der Waals surface area (Å²) in [6.45, 7) is 4.90. The molecule has 29 heavy (non-hydrogen) atoms. The molecule has 1 atom stereocenters. The zero-order valence-corrected chi connectivity index (χ0v) is 16.6. The van der Waals surface area contributed by atoms with E-state index in [2.05, 4.69) is 17.0 Å². The smallest absolute Gasteiger partial charge is 0.253 e. The van der Waals surface area contributed by atoms with Gasteiger partial charge in [-0.1, -0.05) is 60.2 Å². The van der Waals surface area contributed by atoms with Crippen molar-refractivity contribution in [3.63, 3.8) is 0 Å². The van der Waals surface area contributed by atoms with E-state index in [0.717, 1.165) is 29.8 Å². The fourth-order valence-corrected chi connectivity index (χ4v) is 4.04. The fourth-order valence-electron chi connectivity index (χ4n) is 4.04. The minimum Gasteiger partial charge on any atom is -0.336 e. The second-order valence-corrected chi connectivity index (χ2v) is 7.56. The number of carbonyl (C=O) groups is 1. The summed E-state index contributed by atoms with van der Waals surface area (Å²) in [4.78, 5) is 17.2. The first-order valence-electron chi connectivity index (χ1n) is 10.0. The number of piperazine rings is 1. The summed E-state index contributed by atoms with van der Waals surface area (Å²) < 4.78 is 13.5. The van der Waals surface area contributed by atoms with E-state index in [0.29, 0.717) is 13.1 Å². The van der Waals surface area contributed by atoms with Crippen molar-refractivity contribution in [3.8, 4) is 0 Å². The standard InChI is InChI=1S/C25H25FN2O/c1-19-6-5-9-22(18-19)25(29)28-16-14-27(15-17-28)24(20-7-3-2-4-8-20)21-10-12-23(26)13-11-21/h2-13,18,24H,14-17H2,1H3. The minimum atomic E-state index is -0.228. The second kappa shape index (κ2) is 8.58. The molecule has 4 rings (SSSR count). The maximum absolute atomic E-state index is 13.5. The van der Waals surface area contributed by atoms with Gasteiger partial charge in [-0.2, -0.15) is 0 Å². The van der Waals surface area contributed by atoms with Gasteiger partial charge in [0.1, 0.15) is 5.82 Å². The number of hydrogen-bond donors (Lipinski definition) is 0. The topological polar surface area (TPSA) is 23.6 Å². The summed E-state index contributed by atoms with van der Waals surface area (Å²) in [6.07, 6.45) is 0. The summed E-state index contributed by atoms with van der Waals surface area (Å²) in [5, 5.41) is 0. The Hall–Kier alpha value is -2.98. The average molecular weight is 388 g/mol. The van der Waals surface area contributed by atoms with Crippen molar-refractivity contribution < 1.29 is 9.18 Å². The van der Waals surface area contributed by atoms with Crippen LogP contribution in [-0.2, 0) is 0 Å². The molecule has 1 aliphatic heterocycles. The van der Waals surface area contributed by atoms with Crippen LogP contribution in [-0.4, -0.2) is 41.9 Å². The Morgan fingerprint density at radius 3 is 2.14 bits per heavy atom. The number of carbonyl (C=O) groups excluding carboxylic acids is 1. The molecule has 3 aromatic rings. The lowest BCUT2D eigenvalue weighted by Crippen LogP contribution is -2.49. The van der Waals surface area contributed by atoms with Crippen molar-refractivity contribution in [2.24, 2.45) is 0 Å². The molecule has 1 unspecified atom stereocenters. The van der Waals surface area contributed by atoms with E-state index in [-0.39, 0.29) is 17.8 Å². The SMILES string of the molecule is Cc1cccc(C(=O)N2CCN(C(c3ccccc3)c3ccc(F)cc3)CC2)c1. The predicted molar refractivity (Wildman–Crippen MR) is 113 cm³/mol. The van der Waals surface area contributed by atoms with Gasteiger partial charge in [0, 0.05) is 31.7 Å². The maximum atomic E-state index is 13.5. The first kappa shape index (κ1) is 19.3. The molecule has 3 aromatic carbocycles. The number of amides is 1. The van der Waals surface area contributed by atoms with Crippen molar-refractivity contribution in [1.82, 2.24) is 9.80 Å². The fraction of sp³-hybridized carbons (Fsp3) is 0.240. The van der Waals surface area contributed by atoms with Crippen molar-refractivity contribution in [2.75, 3.05) is 26.2 Å². The van der Waals surface area contributed by atoms with Gasteiger partial charge in [0.25, 0.3) is 5.91 Å². The lowest BCUT2D eigenvalue weighted by atomic mass is 9.96. The molecule has 0 saturated carbocycles. The van der Waals surface area contributed by atoms with E-state index in [1.54, 1.807) is 0 Å². The second-order valence-electron chi connectivity index (χ2n) is 7.56. The monoisotopic (exact) mass is 388 g/mol. The van der Waals surface area contributed by atoms with Crippen LogP contribution in [0.3, 0.4) is 0 Å². The predicted octanol–water partition coefficient (Wildman–Crippen LogP) is 4.68. The van der Waals surface area contributed by atoms with Crippen molar-refractivity contribution in [2.45, 2.75) is 13.0 Å². The summed E-state index contributed by atoms with van der Waals surface area (Å²) in [5.41, 5.74) is 4.08. The highest BCUT2D eigenvalue weighted by molar-refractivity contribution is 5.94. The van der Waals surface area contributed by atoms with Crippen molar-refractivity contribution in [3.05, 3.63) is 107 Å². The van der Waals surface area contributed by atoms with Crippen LogP contribution in [0.15, 0.2) is 78.9 Å². The first-order chi connectivity index (χ1) is 14.1. The van der Waals surface area contributed by atoms with Gasteiger partial charge in [-0.15, -0.1) is 0 Å². The van der Waals surface area contributed by atoms with E-state index >= 15 is 0 Å². The van der Waals surface area contributed by atoms with Crippen molar-refractivity contribution in [1.29, 1.82) is 0 Å². The normalized spacial score (nSPS) is 15.9. The number of hydrogen-bond acceptors (Lipinski definition) is 2. The molecule has 0 aromatic heterocycles.